The quantitative estimate of drug-likeness (QED) is 0.778. The lowest BCUT2D eigenvalue weighted by Gasteiger charge is -2.31. The number of benzene rings is 1. The molecule has 0 saturated carbocycles. The summed E-state index contributed by atoms with van der Waals surface area (Å²) < 4.78 is 0. The highest BCUT2D eigenvalue weighted by molar-refractivity contribution is 5.97. The van der Waals surface area contributed by atoms with Crippen LogP contribution < -0.4 is 10.6 Å². The molecule has 0 saturated heterocycles. The van der Waals surface area contributed by atoms with Gasteiger partial charge in [-0.05, 0) is 38.3 Å². The molecule has 1 aliphatic heterocycles. The maximum absolute atomic E-state index is 11.9. The van der Waals surface area contributed by atoms with E-state index in [-0.39, 0.29) is 5.91 Å². The molecule has 1 atom stereocenters. The Morgan fingerprint density at radius 1 is 1.50 bits per heavy atom. The van der Waals surface area contributed by atoms with Crippen LogP contribution in [0.5, 0.6) is 0 Å². The highest BCUT2D eigenvalue weighted by Gasteiger charge is 2.24. The Morgan fingerprint density at radius 3 is 2.94 bits per heavy atom. The number of carbonyl (C=O) groups excluding carboxylic acids is 1. The molecule has 0 bridgehead atoms. The molecule has 1 unspecified atom stereocenters. The van der Waals surface area contributed by atoms with Gasteiger partial charge in [0, 0.05) is 12.2 Å². The standard InChI is InChI=1S/C13H18N2O/c1-9-5-6-12-11(8-9)4-3-7-15(12)13(16)10(2)14/h5-6,8,10H,3-4,7,14H2,1-2H3. The van der Waals surface area contributed by atoms with Gasteiger partial charge in [0.2, 0.25) is 5.91 Å². The van der Waals surface area contributed by atoms with Gasteiger partial charge in [-0.2, -0.15) is 0 Å². The molecule has 1 aromatic rings. The van der Waals surface area contributed by atoms with E-state index in [1.807, 2.05) is 17.0 Å². The molecule has 1 aromatic carbocycles. The summed E-state index contributed by atoms with van der Waals surface area (Å²) in [6, 6.07) is 5.82. The van der Waals surface area contributed by atoms with Crippen LogP contribution in [0.25, 0.3) is 0 Å². The van der Waals surface area contributed by atoms with Gasteiger partial charge >= 0.3 is 0 Å². The molecule has 86 valence electrons. The third-order valence-corrected chi connectivity index (χ3v) is 3.01. The Bertz CT molecular complexity index is 412. The molecule has 3 heteroatoms. The van der Waals surface area contributed by atoms with Crippen molar-refractivity contribution >= 4 is 11.6 Å². The lowest BCUT2D eigenvalue weighted by molar-refractivity contribution is -0.119. The first-order chi connectivity index (χ1) is 7.59. The van der Waals surface area contributed by atoms with Crippen molar-refractivity contribution in [2.75, 3.05) is 11.4 Å². The summed E-state index contributed by atoms with van der Waals surface area (Å²) in [6.07, 6.45) is 2.08. The van der Waals surface area contributed by atoms with E-state index < -0.39 is 6.04 Å². The molecule has 1 amide bonds. The first kappa shape index (κ1) is 11.1. The number of hydrogen-bond donors (Lipinski definition) is 1. The van der Waals surface area contributed by atoms with Gasteiger partial charge in [-0.25, -0.2) is 0 Å². The summed E-state index contributed by atoms with van der Waals surface area (Å²) in [5.41, 5.74) is 9.21. The zero-order valence-corrected chi connectivity index (χ0v) is 9.86. The fourth-order valence-electron chi connectivity index (χ4n) is 2.20. The van der Waals surface area contributed by atoms with Crippen LogP contribution in [0.3, 0.4) is 0 Å². The molecule has 3 nitrogen and oxygen atoms in total. The number of amides is 1. The number of nitrogens with two attached hydrogens (primary N) is 1. The number of fused-ring (bicyclic) bond motifs is 1. The van der Waals surface area contributed by atoms with Crippen molar-refractivity contribution in [3.63, 3.8) is 0 Å². The van der Waals surface area contributed by atoms with Gasteiger partial charge in [0.05, 0.1) is 6.04 Å². The van der Waals surface area contributed by atoms with Crippen LogP contribution in [0.15, 0.2) is 18.2 Å². The maximum atomic E-state index is 11.9. The van der Waals surface area contributed by atoms with Gasteiger partial charge in [-0.15, -0.1) is 0 Å². The highest BCUT2D eigenvalue weighted by Crippen LogP contribution is 2.28. The third-order valence-electron chi connectivity index (χ3n) is 3.01. The van der Waals surface area contributed by atoms with Crippen molar-refractivity contribution in [2.45, 2.75) is 32.7 Å². The summed E-state index contributed by atoms with van der Waals surface area (Å²) >= 11 is 0. The lowest BCUT2D eigenvalue weighted by Crippen LogP contribution is -2.44. The Balaban J connectivity index is 2.37. The minimum atomic E-state index is -0.424. The number of rotatable bonds is 1. The van der Waals surface area contributed by atoms with E-state index in [1.165, 1.54) is 11.1 Å². The average molecular weight is 218 g/mol. The molecular weight excluding hydrogens is 200 g/mol. The molecule has 0 spiro atoms. The Hall–Kier alpha value is -1.35. The number of nitrogens with zero attached hydrogens (tertiary/aromatic N) is 1. The lowest BCUT2D eigenvalue weighted by atomic mass is 9.99. The second-order valence-electron chi connectivity index (χ2n) is 4.51. The van der Waals surface area contributed by atoms with Crippen LogP contribution in [0, 0.1) is 6.92 Å². The van der Waals surface area contributed by atoms with Gasteiger partial charge < -0.3 is 10.6 Å². The Labute approximate surface area is 96.2 Å². The number of aryl methyl sites for hydroxylation is 2. The summed E-state index contributed by atoms with van der Waals surface area (Å²) in [7, 11) is 0. The van der Waals surface area contributed by atoms with Crippen molar-refractivity contribution in [2.24, 2.45) is 5.73 Å². The summed E-state index contributed by atoms with van der Waals surface area (Å²) in [6.45, 7) is 4.61. The second kappa shape index (κ2) is 4.26. The molecule has 0 fully saturated rings. The molecule has 0 radical (unpaired) electrons. The van der Waals surface area contributed by atoms with Crippen LogP contribution in [0.1, 0.15) is 24.5 Å². The monoisotopic (exact) mass is 218 g/mol. The normalized spacial score (nSPS) is 16.8. The first-order valence-corrected chi connectivity index (χ1v) is 5.76. The summed E-state index contributed by atoms with van der Waals surface area (Å²) in [5, 5.41) is 0. The second-order valence-corrected chi connectivity index (χ2v) is 4.51. The molecule has 0 aromatic heterocycles. The smallest absolute Gasteiger partial charge is 0.243 e. The van der Waals surface area contributed by atoms with E-state index in [2.05, 4.69) is 13.0 Å². The number of anilines is 1. The van der Waals surface area contributed by atoms with Gasteiger partial charge in [0.1, 0.15) is 0 Å². The fraction of sp³-hybridized carbons (Fsp3) is 0.462. The first-order valence-electron chi connectivity index (χ1n) is 5.76. The van der Waals surface area contributed by atoms with Crippen LogP contribution >= 0.6 is 0 Å². The maximum Gasteiger partial charge on any atom is 0.243 e. The van der Waals surface area contributed by atoms with Crippen LogP contribution in [0.2, 0.25) is 0 Å². The zero-order chi connectivity index (χ0) is 11.7. The summed E-state index contributed by atoms with van der Waals surface area (Å²) in [5.74, 6) is 0.0183. The van der Waals surface area contributed by atoms with E-state index in [1.54, 1.807) is 6.92 Å². The predicted octanol–water partition coefficient (Wildman–Crippen LogP) is 1.62. The van der Waals surface area contributed by atoms with E-state index in [0.717, 1.165) is 25.1 Å². The van der Waals surface area contributed by atoms with Crippen molar-refractivity contribution in [3.05, 3.63) is 29.3 Å². The third kappa shape index (κ3) is 1.95. The minimum Gasteiger partial charge on any atom is -0.320 e. The fourth-order valence-corrected chi connectivity index (χ4v) is 2.20. The molecule has 16 heavy (non-hydrogen) atoms. The van der Waals surface area contributed by atoms with Crippen molar-refractivity contribution in [3.8, 4) is 0 Å². The van der Waals surface area contributed by atoms with E-state index >= 15 is 0 Å². The van der Waals surface area contributed by atoms with Crippen molar-refractivity contribution in [1.29, 1.82) is 0 Å². The molecule has 2 N–H and O–H groups in total. The van der Waals surface area contributed by atoms with Gasteiger partial charge in [0.15, 0.2) is 0 Å². The molecular formula is C13H18N2O. The Morgan fingerprint density at radius 2 is 2.25 bits per heavy atom. The van der Waals surface area contributed by atoms with Gasteiger partial charge in [-0.1, -0.05) is 17.7 Å². The van der Waals surface area contributed by atoms with Gasteiger partial charge in [-0.3, -0.25) is 4.79 Å². The zero-order valence-electron chi connectivity index (χ0n) is 9.86. The van der Waals surface area contributed by atoms with E-state index in [4.69, 9.17) is 5.73 Å². The number of carbonyl (C=O) groups is 1. The van der Waals surface area contributed by atoms with Crippen LogP contribution in [-0.2, 0) is 11.2 Å². The molecule has 1 heterocycles. The summed E-state index contributed by atoms with van der Waals surface area (Å²) in [4.78, 5) is 13.8. The topological polar surface area (TPSA) is 46.3 Å². The van der Waals surface area contributed by atoms with Gasteiger partial charge in [0.25, 0.3) is 0 Å². The van der Waals surface area contributed by atoms with E-state index in [9.17, 15) is 4.79 Å². The number of hydrogen-bond acceptors (Lipinski definition) is 2. The Kier molecular flexibility index (Phi) is 2.97. The predicted molar refractivity (Wildman–Crippen MR) is 65.5 cm³/mol. The largest absolute Gasteiger partial charge is 0.320 e. The van der Waals surface area contributed by atoms with Crippen LogP contribution in [-0.4, -0.2) is 18.5 Å². The molecule has 1 aliphatic rings. The molecule has 2 rings (SSSR count). The average Bonchev–Trinajstić information content (AvgIpc) is 2.26. The van der Waals surface area contributed by atoms with Crippen molar-refractivity contribution in [1.82, 2.24) is 0 Å². The van der Waals surface area contributed by atoms with Crippen LogP contribution in [0.4, 0.5) is 5.69 Å². The SMILES string of the molecule is Cc1ccc2c(c1)CCCN2C(=O)C(C)N. The minimum absolute atomic E-state index is 0.0183. The van der Waals surface area contributed by atoms with E-state index in [0.29, 0.717) is 0 Å². The molecule has 0 aliphatic carbocycles. The van der Waals surface area contributed by atoms with Crippen molar-refractivity contribution < 1.29 is 4.79 Å². The highest BCUT2D eigenvalue weighted by atomic mass is 16.2.